The van der Waals surface area contributed by atoms with Gasteiger partial charge in [-0.15, -0.1) is 0 Å². The van der Waals surface area contributed by atoms with Crippen molar-refractivity contribution < 1.29 is 4.42 Å². The minimum atomic E-state index is 0.00368. The third kappa shape index (κ3) is 3.08. The minimum Gasteiger partial charge on any atom is -0.455 e. The molecule has 1 heteroatoms. The van der Waals surface area contributed by atoms with Crippen LogP contribution in [0.2, 0.25) is 0 Å². The molecule has 0 amide bonds. The highest BCUT2D eigenvalue weighted by Crippen LogP contribution is 2.49. The van der Waals surface area contributed by atoms with E-state index in [1.165, 1.54) is 38.6 Å². The Hall–Kier alpha value is -3.58. The summed E-state index contributed by atoms with van der Waals surface area (Å²) in [5.41, 5.74) is 9.79. The Morgan fingerprint density at radius 2 is 1.28 bits per heavy atom. The molecule has 1 aliphatic rings. The lowest BCUT2D eigenvalue weighted by Crippen LogP contribution is -2.14. The summed E-state index contributed by atoms with van der Waals surface area (Å²) in [5, 5.41) is 2.35. The van der Waals surface area contributed by atoms with Crippen LogP contribution in [0.1, 0.15) is 38.8 Å². The topological polar surface area (TPSA) is 13.1 Å². The van der Waals surface area contributed by atoms with Gasteiger partial charge in [-0.05, 0) is 53.8 Å². The third-order valence-electron chi connectivity index (χ3n) is 6.63. The lowest BCUT2D eigenvalue weighted by atomic mass is 9.81. The van der Waals surface area contributed by atoms with Crippen molar-refractivity contribution in [3.8, 4) is 22.3 Å². The van der Waals surface area contributed by atoms with Crippen molar-refractivity contribution in [2.75, 3.05) is 0 Å². The highest BCUT2D eigenvalue weighted by atomic mass is 16.3. The van der Waals surface area contributed by atoms with Gasteiger partial charge in [-0.2, -0.15) is 0 Å². The van der Waals surface area contributed by atoms with E-state index in [2.05, 4.69) is 86.6 Å². The molecule has 0 aliphatic heterocycles. The van der Waals surface area contributed by atoms with Crippen LogP contribution in [-0.2, 0) is 5.41 Å². The average molecular weight is 417 g/mol. The van der Waals surface area contributed by atoms with Gasteiger partial charge >= 0.3 is 0 Å². The van der Waals surface area contributed by atoms with Gasteiger partial charge in [0.2, 0.25) is 0 Å². The largest absolute Gasteiger partial charge is 0.455 e. The standard InChI is InChI=1S/C27H20O.C4H8/c1-27(2)23-12-5-3-8-19(23)20-15-14-17(16-24(20)27)18-10-7-11-22-21-9-4-6-13-25(21)28-26(18)22;1-3-4-2/h3-16H,1-2H3;3-4H,1-2H3/b;4-3-. The van der Waals surface area contributed by atoms with E-state index in [1.54, 1.807) is 0 Å². The van der Waals surface area contributed by atoms with Crippen LogP contribution in [0.5, 0.6) is 0 Å². The van der Waals surface area contributed by atoms with Gasteiger partial charge in [0.25, 0.3) is 0 Å². The second kappa shape index (κ2) is 7.84. The van der Waals surface area contributed by atoms with Crippen molar-refractivity contribution >= 4 is 21.9 Å². The molecule has 1 aromatic heterocycles. The van der Waals surface area contributed by atoms with Gasteiger partial charge in [-0.1, -0.05) is 98.8 Å². The SMILES string of the molecule is C/C=C\C.CC1(C)c2ccccc2-c2ccc(-c3cccc4c3oc3ccccc34)cc21. The molecule has 1 heterocycles. The first kappa shape index (κ1) is 20.3. The fourth-order valence-corrected chi connectivity index (χ4v) is 4.85. The van der Waals surface area contributed by atoms with Crippen LogP contribution >= 0.6 is 0 Å². The fraction of sp³-hybridized carbons (Fsp3) is 0.161. The predicted molar refractivity (Wildman–Crippen MR) is 137 cm³/mol. The van der Waals surface area contributed by atoms with Crippen LogP contribution in [-0.4, -0.2) is 0 Å². The molecular weight excluding hydrogens is 388 g/mol. The summed E-state index contributed by atoms with van der Waals surface area (Å²) in [6, 6.07) is 30.4. The number of benzene rings is 4. The van der Waals surface area contributed by atoms with Crippen molar-refractivity contribution in [1.82, 2.24) is 0 Å². The van der Waals surface area contributed by atoms with Crippen LogP contribution in [0, 0.1) is 0 Å². The molecule has 0 unspecified atom stereocenters. The lowest BCUT2D eigenvalue weighted by molar-refractivity contribution is 0.660. The fourth-order valence-electron chi connectivity index (χ4n) is 4.85. The Morgan fingerprint density at radius 3 is 2.09 bits per heavy atom. The van der Waals surface area contributed by atoms with Crippen LogP contribution in [0.25, 0.3) is 44.2 Å². The van der Waals surface area contributed by atoms with E-state index in [0.717, 1.165) is 16.7 Å². The van der Waals surface area contributed by atoms with Crippen LogP contribution in [0.15, 0.2) is 101 Å². The van der Waals surface area contributed by atoms with Gasteiger partial charge in [0, 0.05) is 21.8 Å². The number of rotatable bonds is 1. The van der Waals surface area contributed by atoms with Gasteiger partial charge in [0.05, 0.1) is 0 Å². The highest BCUT2D eigenvalue weighted by molar-refractivity contribution is 6.09. The molecule has 0 saturated carbocycles. The number of allylic oxidation sites excluding steroid dienone is 2. The molecule has 6 rings (SSSR count). The minimum absolute atomic E-state index is 0.00368. The molecule has 0 saturated heterocycles. The van der Waals surface area contributed by atoms with Gasteiger partial charge in [-0.25, -0.2) is 0 Å². The van der Waals surface area contributed by atoms with Gasteiger partial charge in [0.15, 0.2) is 0 Å². The van der Waals surface area contributed by atoms with Crippen molar-refractivity contribution in [3.05, 3.63) is 108 Å². The van der Waals surface area contributed by atoms with Crippen molar-refractivity contribution in [3.63, 3.8) is 0 Å². The molecule has 5 aromatic rings. The monoisotopic (exact) mass is 416 g/mol. The predicted octanol–water partition coefficient (Wildman–Crippen LogP) is 9.14. The molecule has 158 valence electrons. The molecule has 4 aromatic carbocycles. The van der Waals surface area contributed by atoms with E-state index in [-0.39, 0.29) is 5.41 Å². The third-order valence-corrected chi connectivity index (χ3v) is 6.63. The van der Waals surface area contributed by atoms with E-state index in [9.17, 15) is 0 Å². The summed E-state index contributed by atoms with van der Waals surface area (Å²) in [6.45, 7) is 8.65. The van der Waals surface area contributed by atoms with E-state index >= 15 is 0 Å². The zero-order valence-electron chi connectivity index (χ0n) is 19.1. The zero-order valence-corrected chi connectivity index (χ0v) is 19.1. The van der Waals surface area contributed by atoms with Gasteiger partial charge in [0.1, 0.15) is 11.2 Å². The molecule has 32 heavy (non-hydrogen) atoms. The first-order valence-electron chi connectivity index (χ1n) is 11.3. The van der Waals surface area contributed by atoms with Crippen molar-refractivity contribution in [2.45, 2.75) is 33.1 Å². The Bertz CT molecular complexity index is 1460. The molecule has 0 spiro atoms. The smallest absolute Gasteiger partial charge is 0.143 e. The van der Waals surface area contributed by atoms with E-state index < -0.39 is 0 Å². The van der Waals surface area contributed by atoms with Gasteiger partial charge in [-0.3, -0.25) is 0 Å². The van der Waals surface area contributed by atoms with Gasteiger partial charge < -0.3 is 4.42 Å². The normalized spacial score (nSPS) is 13.8. The van der Waals surface area contributed by atoms with Crippen LogP contribution in [0.4, 0.5) is 0 Å². The molecule has 0 radical (unpaired) electrons. The number of hydrogen-bond donors (Lipinski definition) is 0. The Morgan fingerprint density at radius 1 is 0.625 bits per heavy atom. The first-order chi connectivity index (χ1) is 15.6. The number of furan rings is 1. The second-order valence-corrected chi connectivity index (χ2v) is 8.88. The zero-order chi connectivity index (χ0) is 22.3. The molecule has 0 bridgehead atoms. The Kier molecular flexibility index (Phi) is 4.98. The molecule has 0 atom stereocenters. The van der Waals surface area contributed by atoms with E-state index in [4.69, 9.17) is 4.42 Å². The maximum Gasteiger partial charge on any atom is 0.143 e. The Labute approximate surface area is 190 Å². The number of fused-ring (bicyclic) bond motifs is 6. The van der Waals surface area contributed by atoms with E-state index in [0.29, 0.717) is 0 Å². The van der Waals surface area contributed by atoms with Crippen molar-refractivity contribution in [2.24, 2.45) is 0 Å². The summed E-state index contributed by atoms with van der Waals surface area (Å²) in [7, 11) is 0. The molecule has 1 nitrogen and oxygen atoms in total. The average Bonchev–Trinajstić information content (AvgIpc) is 3.32. The number of hydrogen-bond acceptors (Lipinski definition) is 1. The molecule has 0 fully saturated rings. The second-order valence-electron chi connectivity index (χ2n) is 8.88. The molecular formula is C31H28O. The Balaban J connectivity index is 0.000000501. The summed E-state index contributed by atoms with van der Waals surface area (Å²) in [5.74, 6) is 0. The van der Waals surface area contributed by atoms with Crippen LogP contribution in [0.3, 0.4) is 0 Å². The van der Waals surface area contributed by atoms with Crippen molar-refractivity contribution in [1.29, 1.82) is 0 Å². The summed E-state index contributed by atoms with van der Waals surface area (Å²) >= 11 is 0. The lowest BCUT2D eigenvalue weighted by Gasteiger charge is -2.22. The summed E-state index contributed by atoms with van der Waals surface area (Å²) in [6.07, 6.45) is 4.00. The quantitative estimate of drug-likeness (QED) is 0.248. The molecule has 0 N–H and O–H groups in total. The van der Waals surface area contributed by atoms with Crippen LogP contribution < -0.4 is 0 Å². The van der Waals surface area contributed by atoms with E-state index in [1.807, 2.05) is 38.1 Å². The summed E-state index contributed by atoms with van der Waals surface area (Å²) in [4.78, 5) is 0. The maximum absolute atomic E-state index is 6.27. The first-order valence-corrected chi connectivity index (χ1v) is 11.3. The summed E-state index contributed by atoms with van der Waals surface area (Å²) < 4.78 is 6.27. The number of para-hydroxylation sites is 2. The maximum atomic E-state index is 6.27. The highest BCUT2D eigenvalue weighted by Gasteiger charge is 2.35. The molecule has 1 aliphatic carbocycles.